The Balaban J connectivity index is 1.80. The fourth-order valence-electron chi connectivity index (χ4n) is 3.23. The number of carbonyl (C=O) groups is 1. The highest BCUT2D eigenvalue weighted by atomic mass is 16.2. The molecule has 1 aromatic carbocycles. The van der Waals surface area contributed by atoms with Crippen molar-refractivity contribution in [2.24, 2.45) is 0 Å². The molecular formula is C19H23N3O. The van der Waals surface area contributed by atoms with Crippen molar-refractivity contribution in [1.82, 2.24) is 9.88 Å². The van der Waals surface area contributed by atoms with Crippen molar-refractivity contribution >= 4 is 17.4 Å². The summed E-state index contributed by atoms with van der Waals surface area (Å²) < 4.78 is 0. The third-order valence-corrected chi connectivity index (χ3v) is 4.55. The molecule has 120 valence electrons. The lowest BCUT2D eigenvalue weighted by atomic mass is 9.96. The lowest BCUT2D eigenvalue weighted by molar-refractivity contribution is -0.132. The summed E-state index contributed by atoms with van der Waals surface area (Å²) >= 11 is 0. The van der Waals surface area contributed by atoms with E-state index in [1.165, 1.54) is 6.42 Å². The summed E-state index contributed by atoms with van der Waals surface area (Å²) in [5.41, 5.74) is 2.24. The van der Waals surface area contributed by atoms with Crippen molar-refractivity contribution in [3.05, 3.63) is 54.2 Å². The van der Waals surface area contributed by atoms with Crippen LogP contribution in [-0.4, -0.2) is 29.4 Å². The van der Waals surface area contributed by atoms with Crippen molar-refractivity contribution < 1.29 is 4.79 Å². The van der Waals surface area contributed by atoms with E-state index in [1.54, 1.807) is 6.92 Å². The highest BCUT2D eigenvalue weighted by Crippen LogP contribution is 2.31. The average Bonchev–Trinajstić information content (AvgIpc) is 2.62. The van der Waals surface area contributed by atoms with E-state index in [4.69, 9.17) is 0 Å². The molecule has 1 amide bonds. The van der Waals surface area contributed by atoms with Crippen molar-refractivity contribution in [1.29, 1.82) is 0 Å². The molecule has 1 atom stereocenters. The second-order valence-corrected chi connectivity index (χ2v) is 6.07. The highest BCUT2D eigenvalue weighted by Gasteiger charge is 2.26. The zero-order valence-corrected chi connectivity index (χ0v) is 13.8. The van der Waals surface area contributed by atoms with Crippen LogP contribution in [0.3, 0.4) is 0 Å². The Kier molecular flexibility index (Phi) is 4.60. The lowest BCUT2D eigenvalue weighted by Crippen LogP contribution is -2.37. The monoisotopic (exact) mass is 309 g/mol. The molecule has 0 unspecified atom stereocenters. The van der Waals surface area contributed by atoms with Gasteiger partial charge in [-0.1, -0.05) is 24.3 Å². The Morgan fingerprint density at radius 2 is 1.96 bits per heavy atom. The lowest BCUT2D eigenvalue weighted by Gasteiger charge is -2.35. The molecule has 1 saturated heterocycles. The van der Waals surface area contributed by atoms with Gasteiger partial charge in [0.2, 0.25) is 5.91 Å². The number of hydrogen-bond acceptors (Lipinski definition) is 3. The minimum absolute atomic E-state index is 0.153. The normalized spacial score (nSPS) is 17.8. The molecule has 0 spiro atoms. The molecule has 4 nitrogen and oxygen atoms in total. The van der Waals surface area contributed by atoms with Gasteiger partial charge in [-0.05, 0) is 43.0 Å². The summed E-state index contributed by atoms with van der Waals surface area (Å²) in [5.74, 6) is 1.06. The summed E-state index contributed by atoms with van der Waals surface area (Å²) in [7, 11) is 2.01. The maximum Gasteiger partial charge on any atom is 0.219 e. The molecule has 0 saturated carbocycles. The third kappa shape index (κ3) is 3.36. The number of anilines is 2. The van der Waals surface area contributed by atoms with Crippen LogP contribution < -0.4 is 4.90 Å². The van der Waals surface area contributed by atoms with Crippen molar-refractivity contribution in [3.63, 3.8) is 0 Å². The van der Waals surface area contributed by atoms with Gasteiger partial charge in [0.25, 0.3) is 0 Å². The summed E-state index contributed by atoms with van der Waals surface area (Å²) in [4.78, 5) is 20.5. The largest absolute Gasteiger partial charge is 0.336 e. The maximum absolute atomic E-state index is 11.8. The second-order valence-electron chi connectivity index (χ2n) is 6.07. The molecule has 0 aliphatic carbocycles. The van der Waals surface area contributed by atoms with Crippen LogP contribution in [0.25, 0.3) is 0 Å². The summed E-state index contributed by atoms with van der Waals surface area (Å²) in [6.07, 6.45) is 5.20. The van der Waals surface area contributed by atoms with Crippen LogP contribution in [0.4, 0.5) is 11.5 Å². The van der Waals surface area contributed by atoms with Gasteiger partial charge in [-0.15, -0.1) is 0 Å². The molecule has 23 heavy (non-hydrogen) atoms. The molecule has 2 heterocycles. The van der Waals surface area contributed by atoms with Crippen LogP contribution in [0, 0.1) is 0 Å². The summed E-state index contributed by atoms with van der Waals surface area (Å²) in [6.45, 7) is 2.51. The number of carbonyl (C=O) groups excluding carboxylic acids is 1. The van der Waals surface area contributed by atoms with Gasteiger partial charge in [-0.25, -0.2) is 4.98 Å². The molecule has 1 aromatic heterocycles. The van der Waals surface area contributed by atoms with Gasteiger partial charge in [-0.2, -0.15) is 0 Å². The Labute approximate surface area is 137 Å². The van der Waals surface area contributed by atoms with Crippen LogP contribution in [0.5, 0.6) is 0 Å². The fourth-order valence-corrected chi connectivity index (χ4v) is 3.23. The van der Waals surface area contributed by atoms with Crippen LogP contribution in [0.1, 0.15) is 37.8 Å². The average molecular weight is 309 g/mol. The SMILES string of the molecule is CC(=O)N1CCCC[C@@H]1c1ccc(N(C)c2ccccc2)nc1. The number of likely N-dealkylation sites (tertiary alicyclic amines) is 1. The van der Waals surface area contributed by atoms with Crippen LogP contribution in [0.2, 0.25) is 0 Å². The van der Waals surface area contributed by atoms with Gasteiger partial charge in [0, 0.05) is 32.4 Å². The van der Waals surface area contributed by atoms with E-state index in [-0.39, 0.29) is 11.9 Å². The zero-order chi connectivity index (χ0) is 16.2. The van der Waals surface area contributed by atoms with Crippen LogP contribution >= 0.6 is 0 Å². The first kappa shape index (κ1) is 15.5. The van der Waals surface area contributed by atoms with Crippen LogP contribution in [0.15, 0.2) is 48.7 Å². The summed E-state index contributed by atoms with van der Waals surface area (Å²) in [6, 6.07) is 14.5. The van der Waals surface area contributed by atoms with Gasteiger partial charge in [-0.3, -0.25) is 4.79 Å². The molecule has 3 rings (SSSR count). The van der Waals surface area contributed by atoms with E-state index in [0.717, 1.165) is 36.5 Å². The van der Waals surface area contributed by atoms with Gasteiger partial charge in [0.05, 0.1) is 6.04 Å². The summed E-state index contributed by atoms with van der Waals surface area (Å²) in [5, 5.41) is 0. The first-order chi connectivity index (χ1) is 11.2. The molecule has 0 radical (unpaired) electrons. The number of piperidine rings is 1. The van der Waals surface area contributed by atoms with Gasteiger partial charge in [0.1, 0.15) is 5.82 Å². The Morgan fingerprint density at radius 1 is 1.17 bits per heavy atom. The standard InChI is InChI=1S/C19H23N3O/c1-15(23)22-13-7-6-10-18(22)16-11-12-19(20-14-16)21(2)17-8-4-3-5-9-17/h3-5,8-9,11-12,14,18H,6-7,10,13H2,1-2H3/t18-/m1/s1. The van der Waals surface area contributed by atoms with Crippen molar-refractivity contribution in [2.45, 2.75) is 32.2 Å². The maximum atomic E-state index is 11.8. The number of para-hydroxylation sites is 1. The molecule has 2 aromatic rings. The van der Waals surface area contributed by atoms with Gasteiger partial charge in [0.15, 0.2) is 0 Å². The molecule has 1 fully saturated rings. The first-order valence-corrected chi connectivity index (χ1v) is 8.19. The van der Waals surface area contributed by atoms with Crippen molar-refractivity contribution in [3.8, 4) is 0 Å². The van der Waals surface area contributed by atoms with E-state index in [1.807, 2.05) is 42.4 Å². The minimum atomic E-state index is 0.153. The predicted octanol–water partition coefficient (Wildman–Crippen LogP) is 3.92. The van der Waals surface area contributed by atoms with E-state index in [0.29, 0.717) is 0 Å². The quantitative estimate of drug-likeness (QED) is 0.862. The fraction of sp³-hybridized carbons (Fsp3) is 0.368. The molecule has 4 heteroatoms. The molecular weight excluding hydrogens is 286 g/mol. The topological polar surface area (TPSA) is 36.4 Å². The Bertz CT molecular complexity index is 654. The molecule has 1 aliphatic heterocycles. The van der Waals surface area contributed by atoms with E-state index >= 15 is 0 Å². The number of nitrogens with zero attached hydrogens (tertiary/aromatic N) is 3. The number of hydrogen-bond donors (Lipinski definition) is 0. The highest BCUT2D eigenvalue weighted by molar-refractivity contribution is 5.74. The minimum Gasteiger partial charge on any atom is -0.336 e. The number of benzene rings is 1. The zero-order valence-electron chi connectivity index (χ0n) is 13.8. The van der Waals surface area contributed by atoms with E-state index < -0.39 is 0 Å². The van der Waals surface area contributed by atoms with E-state index in [2.05, 4.69) is 28.1 Å². The van der Waals surface area contributed by atoms with Crippen LogP contribution in [-0.2, 0) is 4.79 Å². The van der Waals surface area contributed by atoms with E-state index in [9.17, 15) is 4.79 Å². The molecule has 0 N–H and O–H groups in total. The number of aromatic nitrogens is 1. The van der Waals surface area contributed by atoms with Crippen molar-refractivity contribution in [2.75, 3.05) is 18.5 Å². The smallest absolute Gasteiger partial charge is 0.219 e. The predicted molar refractivity (Wildman–Crippen MR) is 92.7 cm³/mol. The Hall–Kier alpha value is -2.36. The van der Waals surface area contributed by atoms with Gasteiger partial charge >= 0.3 is 0 Å². The molecule has 1 aliphatic rings. The number of amides is 1. The number of pyridine rings is 1. The van der Waals surface area contributed by atoms with Gasteiger partial charge < -0.3 is 9.80 Å². The second kappa shape index (κ2) is 6.82. The number of rotatable bonds is 3. The molecule has 0 bridgehead atoms. The Morgan fingerprint density at radius 3 is 2.61 bits per heavy atom. The third-order valence-electron chi connectivity index (χ3n) is 4.55. The first-order valence-electron chi connectivity index (χ1n) is 8.19.